The van der Waals surface area contributed by atoms with Crippen LogP contribution in [0.25, 0.3) is 0 Å². The highest BCUT2D eigenvalue weighted by molar-refractivity contribution is 5.91. The van der Waals surface area contributed by atoms with Crippen LogP contribution in [0.2, 0.25) is 0 Å². The van der Waals surface area contributed by atoms with Crippen molar-refractivity contribution in [3.05, 3.63) is 32.6 Å². The molecule has 1 rings (SSSR count). The van der Waals surface area contributed by atoms with Gasteiger partial charge in [0.05, 0.1) is 0 Å². The second kappa shape index (κ2) is 6.67. The topological polar surface area (TPSA) is 94.8 Å². The van der Waals surface area contributed by atoms with Crippen LogP contribution in [0.5, 0.6) is 0 Å². The number of rotatable bonds is 6. The zero-order valence-corrected chi connectivity index (χ0v) is 9.84. The van der Waals surface area contributed by atoms with Gasteiger partial charge in [-0.05, 0) is 6.42 Å². The van der Waals surface area contributed by atoms with Gasteiger partial charge in [-0.2, -0.15) is 0 Å². The summed E-state index contributed by atoms with van der Waals surface area (Å²) < 4.78 is 0. The summed E-state index contributed by atoms with van der Waals surface area (Å²) in [5.74, 6) is -0.426. The van der Waals surface area contributed by atoms with Crippen molar-refractivity contribution in [3.63, 3.8) is 0 Å². The van der Waals surface area contributed by atoms with Gasteiger partial charge in [0.1, 0.15) is 5.69 Å². The first-order chi connectivity index (χ1) is 8.13. The molecule has 6 heteroatoms. The Balaban J connectivity index is 2.47. The van der Waals surface area contributed by atoms with Gasteiger partial charge in [0.25, 0.3) is 11.5 Å². The monoisotopic (exact) mass is 239 g/mol. The van der Waals surface area contributed by atoms with E-state index < -0.39 is 17.2 Å². The zero-order valence-electron chi connectivity index (χ0n) is 9.84. The van der Waals surface area contributed by atoms with Crippen LogP contribution in [0, 0.1) is 0 Å². The van der Waals surface area contributed by atoms with Crippen LogP contribution in [0.1, 0.15) is 43.1 Å². The minimum Gasteiger partial charge on any atom is -0.351 e. The van der Waals surface area contributed by atoms with Crippen molar-refractivity contribution in [2.45, 2.75) is 32.6 Å². The molecule has 6 nitrogen and oxygen atoms in total. The highest BCUT2D eigenvalue weighted by Gasteiger charge is 2.06. The molecule has 0 spiro atoms. The van der Waals surface area contributed by atoms with Gasteiger partial charge in [0.2, 0.25) is 0 Å². The Morgan fingerprint density at radius 1 is 1.24 bits per heavy atom. The summed E-state index contributed by atoms with van der Waals surface area (Å²) in [7, 11) is 0. The van der Waals surface area contributed by atoms with E-state index in [1.54, 1.807) is 0 Å². The summed E-state index contributed by atoms with van der Waals surface area (Å²) in [5, 5.41) is 2.65. The number of carbonyl (C=O) groups is 1. The second-order valence-electron chi connectivity index (χ2n) is 3.82. The molecular formula is C11H17N3O3. The molecule has 1 aromatic heterocycles. The summed E-state index contributed by atoms with van der Waals surface area (Å²) in [6.07, 6.45) is 4.22. The predicted molar refractivity (Wildman–Crippen MR) is 64.2 cm³/mol. The number of H-pyrrole nitrogens is 2. The summed E-state index contributed by atoms with van der Waals surface area (Å²) in [4.78, 5) is 37.7. The fraction of sp³-hybridized carbons (Fsp3) is 0.545. The third kappa shape index (κ3) is 4.67. The molecule has 0 aliphatic rings. The minimum absolute atomic E-state index is 0.00533. The molecule has 0 bridgehead atoms. The maximum atomic E-state index is 11.5. The Morgan fingerprint density at radius 3 is 2.65 bits per heavy atom. The zero-order chi connectivity index (χ0) is 12.7. The third-order valence-electron chi connectivity index (χ3n) is 2.32. The molecule has 1 aromatic rings. The first-order valence-electron chi connectivity index (χ1n) is 5.75. The smallest absolute Gasteiger partial charge is 0.326 e. The third-order valence-corrected chi connectivity index (χ3v) is 2.32. The normalized spacial score (nSPS) is 10.2. The number of nitrogens with one attached hydrogen (secondary N) is 3. The first-order valence-corrected chi connectivity index (χ1v) is 5.75. The maximum absolute atomic E-state index is 11.5. The number of carbonyl (C=O) groups excluding carboxylic acids is 1. The molecule has 17 heavy (non-hydrogen) atoms. The molecule has 1 amide bonds. The Morgan fingerprint density at radius 2 is 2.00 bits per heavy atom. The van der Waals surface area contributed by atoms with Crippen molar-refractivity contribution in [1.29, 1.82) is 0 Å². The molecule has 0 saturated carbocycles. The van der Waals surface area contributed by atoms with E-state index in [2.05, 4.69) is 17.2 Å². The van der Waals surface area contributed by atoms with Crippen molar-refractivity contribution < 1.29 is 4.79 Å². The van der Waals surface area contributed by atoms with Crippen molar-refractivity contribution in [2.75, 3.05) is 6.54 Å². The molecule has 0 atom stereocenters. The minimum atomic E-state index is -0.673. The summed E-state index contributed by atoms with van der Waals surface area (Å²) >= 11 is 0. The SMILES string of the molecule is CCCCCCNC(=O)c1cc(=O)[nH]c(=O)[nH]1. The summed E-state index contributed by atoms with van der Waals surface area (Å²) in [6.45, 7) is 2.66. The number of hydrogen-bond acceptors (Lipinski definition) is 3. The molecule has 0 aliphatic heterocycles. The number of hydrogen-bond donors (Lipinski definition) is 3. The number of unbranched alkanes of at least 4 members (excludes halogenated alkanes) is 3. The van der Waals surface area contributed by atoms with Crippen LogP contribution in [-0.4, -0.2) is 22.4 Å². The van der Waals surface area contributed by atoms with E-state index in [4.69, 9.17) is 0 Å². The lowest BCUT2D eigenvalue weighted by Gasteiger charge is -2.03. The van der Waals surface area contributed by atoms with E-state index in [-0.39, 0.29) is 5.69 Å². The van der Waals surface area contributed by atoms with Crippen molar-refractivity contribution >= 4 is 5.91 Å². The van der Waals surface area contributed by atoms with Crippen LogP contribution in [-0.2, 0) is 0 Å². The lowest BCUT2D eigenvalue weighted by atomic mass is 10.2. The second-order valence-corrected chi connectivity index (χ2v) is 3.82. The van der Waals surface area contributed by atoms with Gasteiger partial charge in [-0.25, -0.2) is 4.79 Å². The van der Waals surface area contributed by atoms with E-state index in [1.807, 2.05) is 4.98 Å². The first kappa shape index (κ1) is 13.2. The molecule has 0 unspecified atom stereocenters. The molecule has 0 fully saturated rings. The fourth-order valence-electron chi connectivity index (χ4n) is 1.44. The van der Waals surface area contributed by atoms with Gasteiger partial charge < -0.3 is 10.3 Å². The molecule has 0 radical (unpaired) electrons. The Labute approximate surface area is 98.5 Å². The molecule has 0 aliphatic carbocycles. The lowest BCUT2D eigenvalue weighted by molar-refractivity contribution is 0.0947. The highest BCUT2D eigenvalue weighted by Crippen LogP contribution is 1.97. The molecule has 94 valence electrons. The van der Waals surface area contributed by atoms with Crippen LogP contribution in [0.4, 0.5) is 0 Å². The Kier molecular flexibility index (Phi) is 5.19. The number of amides is 1. The van der Waals surface area contributed by atoms with Crippen LogP contribution in [0.3, 0.4) is 0 Å². The highest BCUT2D eigenvalue weighted by atomic mass is 16.2. The average molecular weight is 239 g/mol. The van der Waals surface area contributed by atoms with Gasteiger partial charge in [0, 0.05) is 12.6 Å². The van der Waals surface area contributed by atoms with Crippen molar-refractivity contribution in [3.8, 4) is 0 Å². The Hall–Kier alpha value is -1.85. The van der Waals surface area contributed by atoms with Gasteiger partial charge in [-0.15, -0.1) is 0 Å². The molecule has 0 aromatic carbocycles. The van der Waals surface area contributed by atoms with Gasteiger partial charge in [-0.1, -0.05) is 26.2 Å². The number of aromatic amines is 2. The van der Waals surface area contributed by atoms with Crippen molar-refractivity contribution in [2.24, 2.45) is 0 Å². The van der Waals surface area contributed by atoms with E-state index in [0.717, 1.165) is 31.7 Å². The molecular weight excluding hydrogens is 222 g/mol. The van der Waals surface area contributed by atoms with Gasteiger partial charge >= 0.3 is 5.69 Å². The van der Waals surface area contributed by atoms with Crippen LogP contribution < -0.4 is 16.6 Å². The molecule has 1 heterocycles. The molecule has 0 saturated heterocycles. The summed E-state index contributed by atoms with van der Waals surface area (Å²) in [6, 6.07) is 1.07. The maximum Gasteiger partial charge on any atom is 0.326 e. The lowest BCUT2D eigenvalue weighted by Crippen LogP contribution is -2.31. The fourth-order valence-corrected chi connectivity index (χ4v) is 1.44. The van der Waals surface area contributed by atoms with Gasteiger partial charge in [0.15, 0.2) is 0 Å². The average Bonchev–Trinajstić information content (AvgIpc) is 2.27. The standard InChI is InChI=1S/C11H17N3O3/c1-2-3-4-5-6-12-10(16)8-7-9(15)14-11(17)13-8/h7H,2-6H2,1H3,(H,12,16)(H2,13,14,15,17). The Bertz CT molecular complexity index is 447. The van der Waals surface area contributed by atoms with E-state index in [1.165, 1.54) is 0 Å². The van der Waals surface area contributed by atoms with Crippen molar-refractivity contribution in [1.82, 2.24) is 15.3 Å². The van der Waals surface area contributed by atoms with Crippen LogP contribution >= 0.6 is 0 Å². The summed E-state index contributed by atoms with van der Waals surface area (Å²) in [5.41, 5.74) is -1.26. The van der Waals surface area contributed by atoms with E-state index >= 15 is 0 Å². The van der Waals surface area contributed by atoms with Crippen LogP contribution in [0.15, 0.2) is 15.7 Å². The molecule has 3 N–H and O–H groups in total. The largest absolute Gasteiger partial charge is 0.351 e. The quantitative estimate of drug-likeness (QED) is 0.626. The van der Waals surface area contributed by atoms with Gasteiger partial charge in [-0.3, -0.25) is 14.6 Å². The van der Waals surface area contributed by atoms with E-state index in [0.29, 0.717) is 6.54 Å². The predicted octanol–water partition coefficient (Wildman–Crippen LogP) is 0.373. The number of aromatic nitrogens is 2. The van der Waals surface area contributed by atoms with E-state index in [9.17, 15) is 14.4 Å².